The second-order valence-corrected chi connectivity index (χ2v) is 8.16. The quantitative estimate of drug-likeness (QED) is 0.457. The fourth-order valence-electron chi connectivity index (χ4n) is 4.40. The maximum Gasteiger partial charge on any atom is 0.309 e. The smallest absolute Gasteiger partial charge is 0.309 e. The highest BCUT2D eigenvalue weighted by molar-refractivity contribution is 5.75. The van der Waals surface area contributed by atoms with Crippen LogP contribution < -0.4 is 4.90 Å². The van der Waals surface area contributed by atoms with Gasteiger partial charge in [0.1, 0.15) is 5.60 Å². The summed E-state index contributed by atoms with van der Waals surface area (Å²) in [4.78, 5) is 13.9. The van der Waals surface area contributed by atoms with Crippen LogP contribution in [-0.4, -0.2) is 29.8 Å². The SMILES string of the molecule is CCCCCCCCCCCCC(C(=O)O)C1(O)CN(C)c2ccccc21. The number of para-hydroxylation sites is 1. The van der Waals surface area contributed by atoms with Gasteiger partial charge in [-0.25, -0.2) is 0 Å². The van der Waals surface area contributed by atoms with E-state index in [9.17, 15) is 15.0 Å². The van der Waals surface area contributed by atoms with E-state index in [1.165, 1.54) is 44.9 Å². The number of aliphatic hydroxyl groups is 1. The van der Waals surface area contributed by atoms with Crippen molar-refractivity contribution in [2.45, 2.75) is 83.2 Å². The number of unbranched alkanes of at least 4 members (excludes halogenated alkanes) is 9. The van der Waals surface area contributed by atoms with Crippen LogP contribution in [0.5, 0.6) is 0 Å². The number of rotatable bonds is 13. The molecule has 27 heavy (non-hydrogen) atoms. The Morgan fingerprint density at radius 1 is 1.04 bits per heavy atom. The molecule has 152 valence electrons. The normalized spacial score (nSPS) is 19.9. The average molecular weight is 376 g/mol. The van der Waals surface area contributed by atoms with Crippen LogP contribution in [0.4, 0.5) is 5.69 Å². The summed E-state index contributed by atoms with van der Waals surface area (Å²) in [6.45, 7) is 2.59. The Morgan fingerprint density at radius 2 is 1.59 bits per heavy atom. The maximum atomic E-state index is 11.9. The molecule has 0 aliphatic carbocycles. The van der Waals surface area contributed by atoms with Gasteiger partial charge in [-0.1, -0.05) is 89.3 Å². The van der Waals surface area contributed by atoms with Crippen molar-refractivity contribution in [3.63, 3.8) is 0 Å². The third-order valence-electron chi connectivity index (χ3n) is 5.98. The molecule has 4 heteroatoms. The van der Waals surface area contributed by atoms with Crippen molar-refractivity contribution in [3.05, 3.63) is 29.8 Å². The van der Waals surface area contributed by atoms with Crippen molar-refractivity contribution >= 4 is 11.7 Å². The van der Waals surface area contributed by atoms with Crippen molar-refractivity contribution in [2.75, 3.05) is 18.5 Å². The molecule has 0 amide bonds. The van der Waals surface area contributed by atoms with Gasteiger partial charge in [0.25, 0.3) is 0 Å². The van der Waals surface area contributed by atoms with E-state index in [1.54, 1.807) is 0 Å². The molecule has 2 rings (SSSR count). The lowest BCUT2D eigenvalue weighted by Crippen LogP contribution is -2.43. The van der Waals surface area contributed by atoms with Crippen molar-refractivity contribution in [2.24, 2.45) is 5.92 Å². The second kappa shape index (κ2) is 10.7. The molecule has 0 saturated heterocycles. The van der Waals surface area contributed by atoms with Gasteiger partial charge in [-0.15, -0.1) is 0 Å². The summed E-state index contributed by atoms with van der Waals surface area (Å²) in [7, 11) is 1.91. The first-order valence-electron chi connectivity index (χ1n) is 10.8. The van der Waals surface area contributed by atoms with Crippen LogP contribution in [0.15, 0.2) is 24.3 Å². The summed E-state index contributed by atoms with van der Waals surface area (Å²) in [5.74, 6) is -1.64. The number of carbonyl (C=O) groups is 1. The molecule has 0 aromatic heterocycles. The molecule has 1 aliphatic heterocycles. The van der Waals surface area contributed by atoms with Crippen molar-refractivity contribution in [3.8, 4) is 0 Å². The van der Waals surface area contributed by atoms with Gasteiger partial charge in [0.15, 0.2) is 0 Å². The minimum Gasteiger partial charge on any atom is -0.481 e. The summed E-state index contributed by atoms with van der Waals surface area (Å²) in [6.07, 6.45) is 12.8. The van der Waals surface area contributed by atoms with Gasteiger partial charge in [0.05, 0.1) is 12.5 Å². The van der Waals surface area contributed by atoms with Crippen LogP contribution >= 0.6 is 0 Å². The van der Waals surface area contributed by atoms with Crippen LogP contribution in [0.3, 0.4) is 0 Å². The van der Waals surface area contributed by atoms with Crippen molar-refractivity contribution in [1.29, 1.82) is 0 Å². The molecule has 2 unspecified atom stereocenters. The van der Waals surface area contributed by atoms with Gasteiger partial charge < -0.3 is 15.1 Å². The molecule has 1 heterocycles. The molecular weight excluding hydrogens is 338 g/mol. The first-order chi connectivity index (χ1) is 13.0. The number of β-amino-alcohol motifs (C(OH)–C–C–N with tert-alkyl or cyclic N) is 1. The van der Waals surface area contributed by atoms with Crippen LogP contribution in [0.1, 0.15) is 83.1 Å². The number of nitrogens with zero attached hydrogens (tertiary/aromatic N) is 1. The second-order valence-electron chi connectivity index (χ2n) is 8.16. The standard InChI is InChI=1S/C23H37NO3/c1-3-4-5-6-7-8-9-10-11-12-16-20(22(25)26)23(27)18-24(2)21-17-14-13-15-19(21)23/h13-15,17,20,27H,3-12,16,18H2,1-2H3,(H,25,26). The zero-order valence-electron chi connectivity index (χ0n) is 17.1. The number of anilines is 1. The maximum absolute atomic E-state index is 11.9. The summed E-state index contributed by atoms with van der Waals surface area (Å²) in [5.41, 5.74) is 0.400. The molecule has 4 nitrogen and oxygen atoms in total. The lowest BCUT2D eigenvalue weighted by molar-refractivity contribution is -0.152. The highest BCUT2D eigenvalue weighted by atomic mass is 16.4. The molecule has 0 radical (unpaired) electrons. The highest BCUT2D eigenvalue weighted by Gasteiger charge is 2.48. The van der Waals surface area contributed by atoms with Gasteiger partial charge in [-0.05, 0) is 12.5 Å². The molecule has 2 N–H and O–H groups in total. The fourth-order valence-corrected chi connectivity index (χ4v) is 4.40. The fraction of sp³-hybridized carbons (Fsp3) is 0.696. The summed E-state index contributed by atoms with van der Waals surface area (Å²) >= 11 is 0. The van der Waals surface area contributed by atoms with Crippen molar-refractivity contribution in [1.82, 2.24) is 0 Å². The third-order valence-corrected chi connectivity index (χ3v) is 5.98. The predicted molar refractivity (Wildman–Crippen MR) is 111 cm³/mol. The Balaban J connectivity index is 1.78. The van der Waals surface area contributed by atoms with E-state index < -0.39 is 17.5 Å². The van der Waals surface area contributed by atoms with Gasteiger partial charge in [-0.2, -0.15) is 0 Å². The summed E-state index contributed by atoms with van der Waals surface area (Å²) in [5, 5.41) is 21.0. The first-order valence-corrected chi connectivity index (χ1v) is 10.8. The monoisotopic (exact) mass is 375 g/mol. The number of carboxylic acids is 1. The van der Waals surface area contributed by atoms with E-state index in [0.29, 0.717) is 13.0 Å². The van der Waals surface area contributed by atoms with E-state index in [0.717, 1.165) is 30.5 Å². The minimum absolute atomic E-state index is 0.348. The van der Waals surface area contributed by atoms with E-state index >= 15 is 0 Å². The van der Waals surface area contributed by atoms with Gasteiger partial charge in [-0.3, -0.25) is 4.79 Å². The first kappa shape index (κ1) is 21.7. The van der Waals surface area contributed by atoms with Crippen molar-refractivity contribution < 1.29 is 15.0 Å². The number of carboxylic acid groups (broad SMARTS) is 1. The van der Waals surface area contributed by atoms with E-state index in [4.69, 9.17) is 0 Å². The average Bonchev–Trinajstić information content (AvgIpc) is 2.91. The molecule has 1 aromatic carbocycles. The topological polar surface area (TPSA) is 60.8 Å². The van der Waals surface area contributed by atoms with E-state index in [-0.39, 0.29) is 0 Å². The molecule has 0 bridgehead atoms. The Bertz CT molecular complexity index is 589. The number of likely N-dealkylation sites (N-methyl/N-ethyl adjacent to an activating group) is 1. The Kier molecular flexibility index (Phi) is 8.62. The Morgan fingerprint density at radius 3 is 2.19 bits per heavy atom. The molecule has 0 saturated carbocycles. The third kappa shape index (κ3) is 5.71. The summed E-state index contributed by atoms with van der Waals surface area (Å²) < 4.78 is 0. The van der Waals surface area contributed by atoms with Crippen LogP contribution in [0.25, 0.3) is 0 Å². The molecule has 0 fully saturated rings. The van der Waals surface area contributed by atoms with Crippen LogP contribution in [0.2, 0.25) is 0 Å². The lowest BCUT2D eigenvalue weighted by Gasteiger charge is -2.30. The van der Waals surface area contributed by atoms with E-state index in [1.807, 2.05) is 36.2 Å². The predicted octanol–water partition coefficient (Wildman–Crippen LogP) is 5.34. The number of fused-ring (bicyclic) bond motifs is 1. The van der Waals surface area contributed by atoms with Gasteiger partial charge in [0, 0.05) is 18.3 Å². The Hall–Kier alpha value is -1.55. The largest absolute Gasteiger partial charge is 0.481 e. The lowest BCUT2D eigenvalue weighted by atomic mass is 9.79. The molecule has 1 aliphatic rings. The highest BCUT2D eigenvalue weighted by Crippen LogP contribution is 2.44. The minimum atomic E-state index is -1.30. The summed E-state index contributed by atoms with van der Waals surface area (Å²) in [6, 6.07) is 7.63. The van der Waals surface area contributed by atoms with Gasteiger partial charge >= 0.3 is 5.97 Å². The zero-order chi connectivity index (χ0) is 19.7. The van der Waals surface area contributed by atoms with Gasteiger partial charge in [0.2, 0.25) is 0 Å². The van der Waals surface area contributed by atoms with E-state index in [2.05, 4.69) is 6.92 Å². The molecule has 2 atom stereocenters. The number of benzene rings is 1. The molecular formula is C23H37NO3. The number of hydrogen-bond donors (Lipinski definition) is 2. The number of hydrogen-bond acceptors (Lipinski definition) is 3. The molecule has 1 aromatic rings. The Labute approximate surface area is 164 Å². The van der Waals surface area contributed by atoms with Crippen LogP contribution in [-0.2, 0) is 10.4 Å². The zero-order valence-corrected chi connectivity index (χ0v) is 17.1. The number of aliphatic carboxylic acids is 1. The molecule has 0 spiro atoms. The van der Waals surface area contributed by atoms with Crippen LogP contribution in [0, 0.1) is 5.92 Å².